The van der Waals surface area contributed by atoms with E-state index in [4.69, 9.17) is 10.5 Å². The van der Waals surface area contributed by atoms with Gasteiger partial charge >= 0.3 is 6.09 Å². The van der Waals surface area contributed by atoms with Gasteiger partial charge in [-0.3, -0.25) is 0 Å². The number of halogens is 2. The van der Waals surface area contributed by atoms with Crippen molar-refractivity contribution in [3.63, 3.8) is 0 Å². The maximum Gasteiger partial charge on any atom is 0.405 e. The molecule has 5 heteroatoms. The minimum Gasteiger partial charge on any atom is -0.441 e. The van der Waals surface area contributed by atoms with E-state index < -0.39 is 12.2 Å². The Labute approximate surface area is 114 Å². The van der Waals surface area contributed by atoms with Crippen LogP contribution in [0.1, 0.15) is 37.5 Å². The number of aryl methyl sites for hydroxylation is 1. The van der Waals surface area contributed by atoms with Crippen molar-refractivity contribution in [2.45, 2.75) is 32.8 Å². The van der Waals surface area contributed by atoms with Gasteiger partial charge < -0.3 is 10.5 Å². The summed E-state index contributed by atoms with van der Waals surface area (Å²) in [5.74, 6) is -0.357. The Hall–Kier alpha value is -1.10. The van der Waals surface area contributed by atoms with Crippen LogP contribution < -0.4 is 5.73 Å². The van der Waals surface area contributed by atoms with Crippen LogP contribution in [0.5, 0.6) is 0 Å². The van der Waals surface area contributed by atoms with Crippen molar-refractivity contribution in [2.75, 3.05) is 0 Å². The van der Waals surface area contributed by atoms with E-state index in [-0.39, 0.29) is 11.2 Å². The molecule has 18 heavy (non-hydrogen) atoms. The highest BCUT2D eigenvalue weighted by Crippen LogP contribution is 2.46. The van der Waals surface area contributed by atoms with Gasteiger partial charge in [0.1, 0.15) is 11.9 Å². The topological polar surface area (TPSA) is 52.3 Å². The normalized spacial score (nSPS) is 21.2. The molecule has 0 heterocycles. The Morgan fingerprint density at radius 2 is 2.22 bits per heavy atom. The number of primary amides is 1. The molecular formula is C13H15BrFNO2. The Morgan fingerprint density at radius 1 is 1.56 bits per heavy atom. The second-order valence-electron chi connectivity index (χ2n) is 5.27. The summed E-state index contributed by atoms with van der Waals surface area (Å²) in [6.45, 7) is 3.98. The summed E-state index contributed by atoms with van der Waals surface area (Å²) in [7, 11) is 0. The van der Waals surface area contributed by atoms with Gasteiger partial charge in [-0.15, -0.1) is 0 Å². The number of carbonyl (C=O) groups is 1. The first-order valence-electron chi connectivity index (χ1n) is 5.75. The van der Waals surface area contributed by atoms with Crippen molar-refractivity contribution in [1.82, 2.24) is 0 Å². The number of fused-ring (bicyclic) bond motifs is 1. The summed E-state index contributed by atoms with van der Waals surface area (Å²) in [6.07, 6.45) is 0.362. The minimum atomic E-state index is -0.829. The fourth-order valence-corrected chi connectivity index (χ4v) is 2.80. The van der Waals surface area contributed by atoms with E-state index in [1.54, 1.807) is 6.07 Å². The van der Waals surface area contributed by atoms with Crippen LogP contribution in [0.2, 0.25) is 0 Å². The first kappa shape index (κ1) is 13.3. The predicted molar refractivity (Wildman–Crippen MR) is 69.6 cm³/mol. The van der Waals surface area contributed by atoms with Crippen LogP contribution in [0.15, 0.2) is 16.6 Å². The molecule has 0 saturated heterocycles. The molecule has 0 aromatic heterocycles. The van der Waals surface area contributed by atoms with Crippen LogP contribution in [0.4, 0.5) is 9.18 Å². The monoisotopic (exact) mass is 315 g/mol. The highest BCUT2D eigenvalue weighted by molar-refractivity contribution is 9.10. The zero-order valence-electron chi connectivity index (χ0n) is 10.3. The van der Waals surface area contributed by atoms with Crippen molar-refractivity contribution in [2.24, 2.45) is 11.1 Å². The minimum absolute atomic E-state index is 0.248. The number of hydrogen-bond acceptors (Lipinski definition) is 2. The van der Waals surface area contributed by atoms with E-state index in [2.05, 4.69) is 15.9 Å². The molecule has 0 saturated carbocycles. The number of rotatable bonds is 1. The molecule has 1 aromatic carbocycles. The third-order valence-corrected chi connectivity index (χ3v) is 4.05. The third-order valence-electron chi connectivity index (χ3n) is 3.45. The Balaban J connectivity index is 2.50. The number of benzene rings is 1. The van der Waals surface area contributed by atoms with Crippen LogP contribution in [0, 0.1) is 11.2 Å². The summed E-state index contributed by atoms with van der Waals surface area (Å²) >= 11 is 3.17. The highest BCUT2D eigenvalue weighted by atomic mass is 79.9. The molecule has 1 aliphatic rings. The first-order chi connectivity index (χ1) is 8.31. The third kappa shape index (κ3) is 2.36. The van der Waals surface area contributed by atoms with Crippen LogP contribution in [0.3, 0.4) is 0 Å². The standard InChI is InChI=1S/C13H15BrFNO2/c1-13(2)4-3-7-5-9(14)10(15)6-8(7)11(13)18-12(16)17/h5-6,11H,3-4H2,1-2H3,(H2,16,17). The van der Waals surface area contributed by atoms with Crippen LogP contribution in [0.25, 0.3) is 0 Å². The van der Waals surface area contributed by atoms with Gasteiger partial charge in [-0.1, -0.05) is 13.8 Å². The summed E-state index contributed by atoms with van der Waals surface area (Å²) in [5, 5.41) is 0. The largest absolute Gasteiger partial charge is 0.441 e. The molecule has 0 fully saturated rings. The van der Waals surface area contributed by atoms with Crippen LogP contribution in [-0.4, -0.2) is 6.09 Å². The number of amides is 1. The summed E-state index contributed by atoms with van der Waals surface area (Å²) in [6, 6.07) is 3.17. The number of ether oxygens (including phenoxy) is 1. The molecule has 1 aromatic rings. The van der Waals surface area contributed by atoms with Crippen molar-refractivity contribution < 1.29 is 13.9 Å². The number of nitrogens with two attached hydrogens (primary N) is 1. The lowest BCUT2D eigenvalue weighted by atomic mass is 9.72. The molecule has 1 unspecified atom stereocenters. The molecular weight excluding hydrogens is 301 g/mol. The smallest absolute Gasteiger partial charge is 0.405 e. The van der Waals surface area contributed by atoms with E-state index in [9.17, 15) is 9.18 Å². The molecule has 1 aliphatic carbocycles. The number of hydrogen-bond donors (Lipinski definition) is 1. The number of carbonyl (C=O) groups excluding carboxylic acids is 1. The molecule has 1 atom stereocenters. The second-order valence-corrected chi connectivity index (χ2v) is 6.12. The van der Waals surface area contributed by atoms with Gasteiger partial charge in [0.2, 0.25) is 0 Å². The summed E-state index contributed by atoms with van der Waals surface area (Å²) in [5.41, 5.74) is 6.57. The predicted octanol–water partition coefficient (Wildman–Crippen LogP) is 3.70. The van der Waals surface area contributed by atoms with Gasteiger partial charge in [-0.05, 0) is 52.0 Å². The molecule has 0 spiro atoms. The average molecular weight is 316 g/mol. The fourth-order valence-electron chi connectivity index (χ4n) is 2.41. The fraction of sp³-hybridized carbons (Fsp3) is 0.462. The van der Waals surface area contributed by atoms with Gasteiger partial charge in [0.25, 0.3) is 0 Å². The van der Waals surface area contributed by atoms with E-state index in [1.807, 2.05) is 13.8 Å². The molecule has 3 nitrogen and oxygen atoms in total. The Bertz CT molecular complexity index is 502. The SMILES string of the molecule is CC1(C)CCc2cc(Br)c(F)cc2C1OC(N)=O. The zero-order valence-corrected chi connectivity index (χ0v) is 11.9. The molecule has 0 radical (unpaired) electrons. The lowest BCUT2D eigenvalue weighted by Gasteiger charge is -2.39. The maximum absolute atomic E-state index is 13.7. The van der Waals surface area contributed by atoms with E-state index >= 15 is 0 Å². The van der Waals surface area contributed by atoms with Gasteiger partial charge in [0.15, 0.2) is 0 Å². The molecule has 1 amide bonds. The van der Waals surface area contributed by atoms with Crippen molar-refractivity contribution >= 4 is 22.0 Å². The van der Waals surface area contributed by atoms with Gasteiger partial charge in [-0.2, -0.15) is 0 Å². The lowest BCUT2D eigenvalue weighted by molar-refractivity contribution is 0.0144. The maximum atomic E-state index is 13.7. The van der Waals surface area contributed by atoms with Gasteiger partial charge in [0, 0.05) is 5.41 Å². The van der Waals surface area contributed by atoms with Crippen molar-refractivity contribution in [3.05, 3.63) is 33.5 Å². The highest BCUT2D eigenvalue weighted by Gasteiger charge is 2.39. The Kier molecular flexibility index (Phi) is 3.36. The second kappa shape index (κ2) is 4.53. The van der Waals surface area contributed by atoms with Gasteiger partial charge in [-0.25, -0.2) is 9.18 Å². The van der Waals surface area contributed by atoms with Crippen molar-refractivity contribution in [3.8, 4) is 0 Å². The summed E-state index contributed by atoms with van der Waals surface area (Å²) in [4.78, 5) is 11.0. The molecule has 98 valence electrons. The molecule has 0 bridgehead atoms. The average Bonchev–Trinajstić information content (AvgIpc) is 2.25. The molecule has 0 aliphatic heterocycles. The quantitative estimate of drug-likeness (QED) is 0.859. The van der Waals surface area contributed by atoms with Crippen LogP contribution >= 0.6 is 15.9 Å². The summed E-state index contributed by atoms with van der Waals surface area (Å²) < 4.78 is 19.3. The van der Waals surface area contributed by atoms with E-state index in [1.165, 1.54) is 6.07 Å². The zero-order chi connectivity index (χ0) is 13.5. The lowest BCUT2D eigenvalue weighted by Crippen LogP contribution is -2.33. The first-order valence-corrected chi connectivity index (χ1v) is 6.54. The van der Waals surface area contributed by atoms with E-state index in [0.717, 1.165) is 18.4 Å². The van der Waals surface area contributed by atoms with Crippen molar-refractivity contribution in [1.29, 1.82) is 0 Å². The molecule has 2 N–H and O–H groups in total. The Morgan fingerprint density at radius 3 is 2.83 bits per heavy atom. The van der Waals surface area contributed by atoms with Gasteiger partial charge in [0.05, 0.1) is 4.47 Å². The van der Waals surface area contributed by atoms with Crippen LogP contribution in [-0.2, 0) is 11.2 Å². The van der Waals surface area contributed by atoms with E-state index in [0.29, 0.717) is 10.0 Å². The molecule has 2 rings (SSSR count).